The summed E-state index contributed by atoms with van der Waals surface area (Å²) in [6, 6.07) is 8.53. The average Bonchev–Trinajstić information content (AvgIpc) is 2.41. The summed E-state index contributed by atoms with van der Waals surface area (Å²) in [7, 11) is 1.73. The Balaban J connectivity index is 2.37. The molecule has 0 saturated carbocycles. The van der Waals surface area contributed by atoms with E-state index in [1.54, 1.807) is 7.11 Å². The molecule has 0 radical (unpaired) electrons. The predicted molar refractivity (Wildman–Crippen MR) is 79.0 cm³/mol. The second-order valence-electron chi connectivity index (χ2n) is 4.93. The average molecular weight is 249 g/mol. The van der Waals surface area contributed by atoms with E-state index in [0.29, 0.717) is 6.61 Å². The Bertz CT molecular complexity index is 307. The molecule has 0 aliphatic carbocycles. The van der Waals surface area contributed by atoms with Crippen LogP contribution >= 0.6 is 0 Å². The van der Waals surface area contributed by atoms with Gasteiger partial charge in [0, 0.05) is 19.3 Å². The number of nitrogens with one attached hydrogen (secondary N) is 1. The molecule has 1 atom stereocenters. The van der Waals surface area contributed by atoms with Crippen LogP contribution in [0.25, 0.3) is 0 Å². The lowest BCUT2D eigenvalue weighted by Gasteiger charge is -2.16. The first kappa shape index (κ1) is 15.0. The minimum atomic E-state index is 0.689. The number of ether oxygens (including phenoxy) is 1. The molecule has 1 rings (SSSR count). The molecule has 0 bridgehead atoms. The first-order valence-corrected chi connectivity index (χ1v) is 7.11. The number of benzene rings is 1. The highest BCUT2D eigenvalue weighted by Crippen LogP contribution is 2.15. The maximum Gasteiger partial charge on any atom is 0.0713 e. The van der Waals surface area contributed by atoms with E-state index in [1.807, 2.05) is 0 Å². The molecule has 0 amide bonds. The molecule has 0 aliphatic heterocycles. The third kappa shape index (κ3) is 5.54. The van der Waals surface area contributed by atoms with Gasteiger partial charge in [-0.3, -0.25) is 0 Å². The second kappa shape index (κ2) is 8.98. The van der Waals surface area contributed by atoms with Gasteiger partial charge >= 0.3 is 0 Å². The number of hydrogen-bond acceptors (Lipinski definition) is 2. The smallest absolute Gasteiger partial charge is 0.0713 e. The first-order valence-electron chi connectivity index (χ1n) is 7.11. The highest BCUT2D eigenvalue weighted by atomic mass is 16.5. The maximum atomic E-state index is 5.11. The largest absolute Gasteiger partial charge is 0.385 e. The lowest BCUT2D eigenvalue weighted by atomic mass is 9.99. The lowest BCUT2D eigenvalue weighted by Crippen LogP contribution is -2.13. The van der Waals surface area contributed by atoms with Gasteiger partial charge in [0.05, 0.1) is 6.61 Å². The molecule has 1 N–H and O–H groups in total. The minimum absolute atomic E-state index is 0.689. The van der Waals surface area contributed by atoms with Crippen molar-refractivity contribution in [2.75, 3.05) is 19.0 Å². The SMILES string of the molecule is CCCCC(CC)CNc1ccc(COC)cc1. The molecule has 2 nitrogen and oxygen atoms in total. The third-order valence-electron chi connectivity index (χ3n) is 3.40. The molecule has 1 unspecified atom stereocenters. The van der Waals surface area contributed by atoms with Gasteiger partial charge < -0.3 is 10.1 Å². The quantitative estimate of drug-likeness (QED) is 0.697. The standard InChI is InChI=1S/C16H27NO/c1-4-6-7-14(5-2)12-17-16-10-8-15(9-11-16)13-18-3/h8-11,14,17H,4-7,12-13H2,1-3H3. The number of unbranched alkanes of at least 4 members (excludes halogenated alkanes) is 1. The Morgan fingerprint density at radius 1 is 1.17 bits per heavy atom. The van der Waals surface area contributed by atoms with Crippen LogP contribution in [-0.2, 0) is 11.3 Å². The van der Waals surface area contributed by atoms with E-state index in [9.17, 15) is 0 Å². The lowest BCUT2D eigenvalue weighted by molar-refractivity contribution is 0.185. The molecule has 0 heterocycles. The van der Waals surface area contributed by atoms with Crippen LogP contribution in [0.5, 0.6) is 0 Å². The summed E-state index contributed by atoms with van der Waals surface area (Å²) in [5.41, 5.74) is 2.44. The van der Waals surface area contributed by atoms with Gasteiger partial charge in [-0.2, -0.15) is 0 Å². The maximum absolute atomic E-state index is 5.11. The van der Waals surface area contributed by atoms with E-state index in [-0.39, 0.29) is 0 Å². The summed E-state index contributed by atoms with van der Waals surface area (Å²) in [5.74, 6) is 0.795. The van der Waals surface area contributed by atoms with Crippen molar-refractivity contribution >= 4 is 5.69 Å². The van der Waals surface area contributed by atoms with Crippen LogP contribution in [0.3, 0.4) is 0 Å². The van der Waals surface area contributed by atoms with Crippen molar-refractivity contribution in [2.24, 2.45) is 5.92 Å². The van der Waals surface area contributed by atoms with Crippen LogP contribution in [0.2, 0.25) is 0 Å². The highest BCUT2D eigenvalue weighted by Gasteiger charge is 2.05. The number of anilines is 1. The second-order valence-corrected chi connectivity index (χ2v) is 4.93. The van der Waals surface area contributed by atoms with Gasteiger partial charge in [0.1, 0.15) is 0 Å². The number of rotatable bonds is 9. The first-order chi connectivity index (χ1) is 8.80. The van der Waals surface area contributed by atoms with Crippen LogP contribution in [0, 0.1) is 5.92 Å². The summed E-state index contributed by atoms with van der Waals surface area (Å²) >= 11 is 0. The Kier molecular flexibility index (Phi) is 7.51. The Morgan fingerprint density at radius 3 is 2.44 bits per heavy atom. The molecular weight excluding hydrogens is 222 g/mol. The van der Waals surface area contributed by atoms with Crippen LogP contribution < -0.4 is 5.32 Å². The summed E-state index contributed by atoms with van der Waals surface area (Å²) < 4.78 is 5.11. The van der Waals surface area contributed by atoms with Crippen molar-refractivity contribution < 1.29 is 4.74 Å². The molecule has 0 fully saturated rings. The fourth-order valence-electron chi connectivity index (χ4n) is 2.09. The van der Waals surface area contributed by atoms with Gasteiger partial charge in [0.15, 0.2) is 0 Å². The van der Waals surface area contributed by atoms with E-state index in [0.717, 1.165) is 12.5 Å². The molecular formula is C16H27NO. The molecule has 102 valence electrons. The topological polar surface area (TPSA) is 21.3 Å². The van der Waals surface area contributed by atoms with Gasteiger partial charge in [0.25, 0.3) is 0 Å². The fourth-order valence-corrected chi connectivity index (χ4v) is 2.09. The van der Waals surface area contributed by atoms with E-state index < -0.39 is 0 Å². The molecule has 18 heavy (non-hydrogen) atoms. The summed E-state index contributed by atoms with van der Waals surface area (Å²) in [6.45, 7) is 6.31. The monoisotopic (exact) mass is 249 g/mol. The summed E-state index contributed by atoms with van der Waals surface area (Å²) in [5, 5.41) is 3.53. The zero-order valence-corrected chi connectivity index (χ0v) is 12.0. The van der Waals surface area contributed by atoms with E-state index in [2.05, 4.69) is 43.4 Å². The van der Waals surface area contributed by atoms with Crippen molar-refractivity contribution in [1.29, 1.82) is 0 Å². The zero-order chi connectivity index (χ0) is 13.2. The van der Waals surface area contributed by atoms with Crippen molar-refractivity contribution in [3.63, 3.8) is 0 Å². The minimum Gasteiger partial charge on any atom is -0.385 e. The Labute approximate surface area is 112 Å². The highest BCUT2D eigenvalue weighted by molar-refractivity contribution is 5.44. The van der Waals surface area contributed by atoms with Gasteiger partial charge in [-0.1, -0.05) is 45.2 Å². The number of hydrogen-bond donors (Lipinski definition) is 1. The van der Waals surface area contributed by atoms with Crippen molar-refractivity contribution in [2.45, 2.75) is 46.1 Å². The molecule has 1 aromatic carbocycles. The molecule has 1 aromatic rings. The van der Waals surface area contributed by atoms with Gasteiger partial charge in [-0.05, 0) is 30.0 Å². The van der Waals surface area contributed by atoms with E-state index in [4.69, 9.17) is 4.74 Å². The number of methoxy groups -OCH3 is 1. The van der Waals surface area contributed by atoms with E-state index in [1.165, 1.54) is 36.9 Å². The normalized spacial score (nSPS) is 12.4. The Hall–Kier alpha value is -1.02. The van der Waals surface area contributed by atoms with Gasteiger partial charge in [-0.25, -0.2) is 0 Å². The summed E-state index contributed by atoms with van der Waals surface area (Å²) in [6.07, 6.45) is 5.23. The zero-order valence-electron chi connectivity index (χ0n) is 12.0. The predicted octanol–water partition coefficient (Wildman–Crippen LogP) is 4.46. The van der Waals surface area contributed by atoms with Crippen LogP contribution in [-0.4, -0.2) is 13.7 Å². The van der Waals surface area contributed by atoms with E-state index >= 15 is 0 Å². The van der Waals surface area contributed by atoms with Crippen LogP contribution in [0.15, 0.2) is 24.3 Å². The summed E-state index contributed by atoms with van der Waals surface area (Å²) in [4.78, 5) is 0. The molecule has 0 aliphatic rings. The molecule has 0 spiro atoms. The third-order valence-corrected chi connectivity index (χ3v) is 3.40. The van der Waals surface area contributed by atoms with Crippen molar-refractivity contribution in [1.82, 2.24) is 0 Å². The molecule has 0 saturated heterocycles. The van der Waals surface area contributed by atoms with Crippen molar-refractivity contribution in [3.8, 4) is 0 Å². The van der Waals surface area contributed by atoms with Crippen LogP contribution in [0.1, 0.15) is 45.1 Å². The Morgan fingerprint density at radius 2 is 1.89 bits per heavy atom. The van der Waals surface area contributed by atoms with Gasteiger partial charge in [0.2, 0.25) is 0 Å². The van der Waals surface area contributed by atoms with Gasteiger partial charge in [-0.15, -0.1) is 0 Å². The van der Waals surface area contributed by atoms with Crippen molar-refractivity contribution in [3.05, 3.63) is 29.8 Å². The fraction of sp³-hybridized carbons (Fsp3) is 0.625. The molecule has 0 aromatic heterocycles. The molecule has 2 heteroatoms. The van der Waals surface area contributed by atoms with Crippen LogP contribution in [0.4, 0.5) is 5.69 Å².